The minimum atomic E-state index is -7.88. The van der Waals surface area contributed by atoms with Crippen LogP contribution in [0.2, 0.25) is 0 Å². The molecule has 0 amide bonds. The average molecular weight is 418 g/mol. The summed E-state index contributed by atoms with van der Waals surface area (Å²) in [6.45, 7) is -0.496. The fourth-order valence-electron chi connectivity index (χ4n) is 1.34. The molecule has 0 rings (SSSR count). The zero-order chi connectivity index (χ0) is 21.6. The van der Waals surface area contributed by atoms with Crippen LogP contribution >= 0.6 is 0 Å². The first-order chi connectivity index (χ1) is 11.1. The Balaban J connectivity index is 6.39. The lowest BCUT2D eigenvalue weighted by atomic mass is 9.90. The summed E-state index contributed by atoms with van der Waals surface area (Å²) in [5, 5.41) is 7.94. The number of hydrogen-bond donors (Lipinski definition) is 1. The Morgan fingerprint density at radius 1 is 0.769 bits per heavy atom. The standard InChI is InChI=1S/C11H7F13O2/c1-4(12)7(15,16)9(19,20)11(23,24)10(21,22)8(17,18)6(13,14)3-2-5(25)26/h2-4H,1H3,(H,25,26). The fourth-order valence-corrected chi connectivity index (χ4v) is 1.34. The smallest absolute Gasteiger partial charge is 0.385 e. The summed E-state index contributed by atoms with van der Waals surface area (Å²) in [5.41, 5.74) is 0. The van der Waals surface area contributed by atoms with Gasteiger partial charge in [0.05, 0.1) is 0 Å². The topological polar surface area (TPSA) is 37.3 Å². The van der Waals surface area contributed by atoms with E-state index in [9.17, 15) is 61.9 Å². The third kappa shape index (κ3) is 3.31. The van der Waals surface area contributed by atoms with Crippen molar-refractivity contribution in [1.82, 2.24) is 0 Å². The molecule has 1 N–H and O–H groups in total. The molecule has 1 unspecified atom stereocenters. The summed E-state index contributed by atoms with van der Waals surface area (Å²) in [7, 11) is 0. The first-order valence-corrected chi connectivity index (χ1v) is 5.94. The van der Waals surface area contributed by atoms with Crippen molar-refractivity contribution in [3.63, 3.8) is 0 Å². The van der Waals surface area contributed by atoms with Crippen molar-refractivity contribution in [3.8, 4) is 0 Å². The highest BCUT2D eigenvalue weighted by molar-refractivity contribution is 5.79. The van der Waals surface area contributed by atoms with Crippen LogP contribution in [0.1, 0.15) is 6.92 Å². The predicted molar refractivity (Wildman–Crippen MR) is 57.0 cm³/mol. The number of allylic oxidation sites excluding steroid dienone is 1. The largest absolute Gasteiger partial charge is 0.478 e. The summed E-state index contributed by atoms with van der Waals surface area (Å²) < 4.78 is 169. The maximum absolute atomic E-state index is 13.2. The van der Waals surface area contributed by atoms with Crippen LogP contribution in [-0.2, 0) is 4.79 Å². The monoisotopic (exact) mass is 418 g/mol. The minimum absolute atomic E-state index is 0.496. The van der Waals surface area contributed by atoms with Crippen molar-refractivity contribution in [2.24, 2.45) is 0 Å². The van der Waals surface area contributed by atoms with Gasteiger partial charge in [-0.1, -0.05) is 0 Å². The molecule has 0 saturated heterocycles. The van der Waals surface area contributed by atoms with E-state index in [1.165, 1.54) is 0 Å². The molecule has 0 aliphatic heterocycles. The number of carboxylic acids is 1. The molecule has 0 aliphatic rings. The normalized spacial score (nSPS) is 16.8. The van der Waals surface area contributed by atoms with Crippen LogP contribution in [0.3, 0.4) is 0 Å². The first-order valence-electron chi connectivity index (χ1n) is 5.94. The number of halogens is 13. The molecule has 0 heterocycles. The zero-order valence-corrected chi connectivity index (χ0v) is 12.0. The Morgan fingerprint density at radius 3 is 1.42 bits per heavy atom. The maximum Gasteiger partial charge on any atom is 0.385 e. The maximum atomic E-state index is 13.2. The number of carboxylic acid groups (broad SMARTS) is 1. The highest BCUT2D eigenvalue weighted by atomic mass is 19.4. The van der Waals surface area contributed by atoms with Gasteiger partial charge in [-0.25, -0.2) is 9.18 Å². The molecule has 0 saturated carbocycles. The minimum Gasteiger partial charge on any atom is -0.478 e. The van der Waals surface area contributed by atoms with Crippen molar-refractivity contribution in [2.45, 2.75) is 48.6 Å². The number of alkyl halides is 13. The summed E-state index contributed by atoms with van der Waals surface area (Å²) in [6, 6.07) is 0. The Hall–Kier alpha value is -1.70. The quantitative estimate of drug-likeness (QED) is 0.455. The summed E-state index contributed by atoms with van der Waals surface area (Å²) in [4.78, 5) is 9.92. The van der Waals surface area contributed by atoms with E-state index < -0.39 is 66.8 Å². The third-order valence-corrected chi connectivity index (χ3v) is 2.96. The van der Waals surface area contributed by atoms with E-state index in [-0.39, 0.29) is 0 Å². The molecule has 154 valence electrons. The summed E-state index contributed by atoms with van der Waals surface area (Å²) in [6.07, 6.45) is -6.70. The van der Waals surface area contributed by atoms with Gasteiger partial charge in [-0.2, -0.15) is 52.7 Å². The molecule has 0 aromatic carbocycles. The van der Waals surface area contributed by atoms with Crippen LogP contribution in [0.4, 0.5) is 57.1 Å². The molecule has 15 heteroatoms. The molecule has 0 bridgehead atoms. The summed E-state index contributed by atoms with van der Waals surface area (Å²) >= 11 is 0. The van der Waals surface area contributed by atoms with Gasteiger partial charge in [0.1, 0.15) is 0 Å². The number of rotatable bonds is 8. The second-order valence-electron chi connectivity index (χ2n) is 4.83. The van der Waals surface area contributed by atoms with Crippen LogP contribution in [0.15, 0.2) is 12.2 Å². The van der Waals surface area contributed by atoms with Gasteiger partial charge in [0.15, 0.2) is 6.17 Å². The molecule has 26 heavy (non-hydrogen) atoms. The zero-order valence-electron chi connectivity index (χ0n) is 12.0. The predicted octanol–water partition coefficient (Wildman–Crippen LogP) is 4.80. The van der Waals surface area contributed by atoms with Crippen molar-refractivity contribution < 1.29 is 67.0 Å². The molecule has 0 aromatic rings. The van der Waals surface area contributed by atoms with Gasteiger partial charge in [-0.3, -0.25) is 0 Å². The molecular formula is C11H7F13O2. The van der Waals surface area contributed by atoms with Gasteiger partial charge in [-0.15, -0.1) is 0 Å². The van der Waals surface area contributed by atoms with Gasteiger partial charge in [0.25, 0.3) is 0 Å². The van der Waals surface area contributed by atoms with Crippen LogP contribution in [0.25, 0.3) is 0 Å². The van der Waals surface area contributed by atoms with Gasteiger partial charge >= 0.3 is 41.5 Å². The van der Waals surface area contributed by atoms with Crippen molar-refractivity contribution >= 4 is 5.97 Å². The van der Waals surface area contributed by atoms with Crippen LogP contribution in [-0.4, -0.2) is 52.8 Å². The molecule has 1 atom stereocenters. The summed E-state index contributed by atoms with van der Waals surface area (Å²) in [5.74, 6) is -46.4. The molecule has 0 radical (unpaired) electrons. The number of carbonyl (C=O) groups is 1. The molecular weight excluding hydrogens is 411 g/mol. The second-order valence-corrected chi connectivity index (χ2v) is 4.83. The lowest BCUT2D eigenvalue weighted by Crippen LogP contribution is -2.71. The highest BCUT2D eigenvalue weighted by Gasteiger charge is 2.90. The van der Waals surface area contributed by atoms with E-state index in [2.05, 4.69) is 0 Å². The number of hydrogen-bond acceptors (Lipinski definition) is 1. The van der Waals surface area contributed by atoms with E-state index in [0.29, 0.717) is 0 Å². The van der Waals surface area contributed by atoms with Crippen molar-refractivity contribution in [2.75, 3.05) is 0 Å². The van der Waals surface area contributed by atoms with Gasteiger partial charge in [-0.05, 0) is 13.0 Å². The Labute approximate surface area is 135 Å². The Kier molecular flexibility index (Phi) is 6.05. The van der Waals surface area contributed by atoms with Crippen molar-refractivity contribution in [3.05, 3.63) is 12.2 Å². The average Bonchev–Trinajstić information content (AvgIpc) is 2.43. The Bertz CT molecular complexity index is 564. The van der Waals surface area contributed by atoms with E-state index in [0.717, 1.165) is 0 Å². The van der Waals surface area contributed by atoms with Gasteiger partial charge in [0, 0.05) is 6.08 Å². The molecule has 0 aliphatic carbocycles. The molecule has 0 spiro atoms. The highest BCUT2D eigenvalue weighted by Crippen LogP contribution is 2.60. The van der Waals surface area contributed by atoms with E-state index in [1.54, 1.807) is 0 Å². The lowest BCUT2D eigenvalue weighted by molar-refractivity contribution is -0.424. The first kappa shape index (κ1) is 24.3. The second kappa shape index (κ2) is 6.48. The molecule has 2 nitrogen and oxygen atoms in total. The Morgan fingerprint density at radius 2 is 1.12 bits per heavy atom. The third-order valence-electron chi connectivity index (χ3n) is 2.96. The van der Waals surface area contributed by atoms with Crippen molar-refractivity contribution in [1.29, 1.82) is 0 Å². The SMILES string of the molecule is CC(F)C(F)(F)C(F)(F)C(F)(F)C(F)(F)C(F)(F)C(F)(F)C=CC(=O)O. The van der Waals surface area contributed by atoms with E-state index >= 15 is 0 Å². The van der Waals surface area contributed by atoms with E-state index in [1.807, 2.05) is 0 Å². The van der Waals surface area contributed by atoms with Crippen LogP contribution in [0, 0.1) is 0 Å². The van der Waals surface area contributed by atoms with Gasteiger partial charge in [0.2, 0.25) is 0 Å². The van der Waals surface area contributed by atoms with E-state index in [4.69, 9.17) is 5.11 Å². The van der Waals surface area contributed by atoms with Crippen LogP contribution < -0.4 is 0 Å². The molecule has 0 fully saturated rings. The van der Waals surface area contributed by atoms with Crippen LogP contribution in [0.5, 0.6) is 0 Å². The number of aliphatic carboxylic acids is 1. The fraction of sp³-hybridized carbons (Fsp3) is 0.727. The lowest BCUT2D eigenvalue weighted by Gasteiger charge is -2.41. The molecule has 0 aromatic heterocycles. The van der Waals surface area contributed by atoms with Gasteiger partial charge < -0.3 is 5.11 Å².